The summed E-state index contributed by atoms with van der Waals surface area (Å²) in [6, 6.07) is 3.26. The molecule has 1 nitrogen and oxygen atoms in total. The second kappa shape index (κ2) is 3.90. The number of halogens is 2. The molecule has 0 unspecified atom stereocenters. The van der Waals surface area contributed by atoms with Gasteiger partial charge >= 0.3 is 0 Å². The first kappa shape index (κ1) is 9.52. The minimum Gasteiger partial charge on any atom is -0.385 e. The van der Waals surface area contributed by atoms with Crippen molar-refractivity contribution >= 4 is 21.6 Å². The monoisotopic (exact) mass is 231 g/mol. The van der Waals surface area contributed by atoms with Gasteiger partial charge in [-0.3, -0.25) is 0 Å². The molecule has 0 fully saturated rings. The molecule has 0 atom stereocenters. The van der Waals surface area contributed by atoms with Crippen LogP contribution >= 0.6 is 15.9 Å². The van der Waals surface area contributed by atoms with E-state index in [1.54, 1.807) is 13.1 Å². The van der Waals surface area contributed by atoms with Crippen LogP contribution in [0, 0.1) is 12.7 Å². The first-order chi connectivity index (χ1) is 5.70. The fraction of sp³-hybridized carbons (Fsp3) is 0.333. The molecule has 0 aliphatic rings. The first-order valence-corrected chi connectivity index (χ1v) is 4.84. The fourth-order valence-corrected chi connectivity index (χ4v) is 1.89. The Morgan fingerprint density at radius 3 is 2.58 bits per heavy atom. The Morgan fingerprint density at radius 2 is 2.17 bits per heavy atom. The van der Waals surface area contributed by atoms with E-state index in [4.69, 9.17) is 0 Å². The lowest BCUT2D eigenvalue weighted by Crippen LogP contribution is -1.99. The number of nitrogens with one attached hydrogen (secondary N) is 1. The van der Waals surface area contributed by atoms with Gasteiger partial charge in [0, 0.05) is 12.4 Å². The van der Waals surface area contributed by atoms with Crippen LogP contribution in [-0.4, -0.2) is 7.05 Å². The van der Waals surface area contributed by atoms with Gasteiger partial charge < -0.3 is 5.32 Å². The van der Waals surface area contributed by atoms with Gasteiger partial charge in [-0.05, 0) is 24.1 Å². The molecule has 0 radical (unpaired) electrons. The number of benzene rings is 1. The summed E-state index contributed by atoms with van der Waals surface area (Å²) in [6.07, 6.45) is 0. The molecule has 0 saturated heterocycles. The van der Waals surface area contributed by atoms with Gasteiger partial charge in [-0.25, -0.2) is 4.39 Å². The lowest BCUT2D eigenvalue weighted by atomic mass is 10.1. The van der Waals surface area contributed by atoms with Crippen molar-refractivity contribution in [3.8, 4) is 0 Å². The molecule has 0 aliphatic heterocycles. The van der Waals surface area contributed by atoms with Crippen molar-refractivity contribution in [2.75, 3.05) is 12.4 Å². The van der Waals surface area contributed by atoms with Gasteiger partial charge in [0.15, 0.2) is 0 Å². The topological polar surface area (TPSA) is 12.0 Å². The first-order valence-electron chi connectivity index (χ1n) is 3.72. The van der Waals surface area contributed by atoms with Crippen molar-refractivity contribution < 1.29 is 4.39 Å². The van der Waals surface area contributed by atoms with Crippen LogP contribution in [0.2, 0.25) is 0 Å². The molecule has 1 aromatic rings. The normalized spacial score (nSPS) is 10.0. The zero-order valence-electron chi connectivity index (χ0n) is 7.12. The number of anilines is 1. The number of hydrogen-bond acceptors (Lipinski definition) is 1. The van der Waals surface area contributed by atoms with Crippen molar-refractivity contribution in [3.63, 3.8) is 0 Å². The quantitative estimate of drug-likeness (QED) is 0.772. The Labute approximate surface area is 80.1 Å². The smallest absolute Gasteiger partial charge is 0.146 e. The van der Waals surface area contributed by atoms with E-state index < -0.39 is 0 Å². The molecule has 1 rings (SSSR count). The average molecular weight is 232 g/mol. The van der Waals surface area contributed by atoms with Crippen LogP contribution in [0.3, 0.4) is 0 Å². The van der Waals surface area contributed by atoms with E-state index in [1.165, 1.54) is 6.07 Å². The summed E-state index contributed by atoms with van der Waals surface area (Å²) in [5.74, 6) is -0.197. The van der Waals surface area contributed by atoms with Crippen LogP contribution in [-0.2, 0) is 5.33 Å². The zero-order valence-corrected chi connectivity index (χ0v) is 8.70. The summed E-state index contributed by atoms with van der Waals surface area (Å²) in [6.45, 7) is 1.97. The largest absolute Gasteiger partial charge is 0.385 e. The van der Waals surface area contributed by atoms with Gasteiger partial charge in [-0.15, -0.1) is 0 Å². The van der Waals surface area contributed by atoms with Crippen LogP contribution in [0.1, 0.15) is 11.1 Å². The lowest BCUT2D eigenvalue weighted by molar-refractivity contribution is 0.629. The number of aryl methyl sites for hydroxylation is 1. The van der Waals surface area contributed by atoms with Gasteiger partial charge in [0.2, 0.25) is 0 Å². The van der Waals surface area contributed by atoms with Crippen LogP contribution in [0.4, 0.5) is 10.1 Å². The highest BCUT2D eigenvalue weighted by Gasteiger charge is 2.07. The molecule has 0 bridgehead atoms. The van der Waals surface area contributed by atoms with E-state index in [0.717, 1.165) is 11.1 Å². The Kier molecular flexibility index (Phi) is 3.09. The van der Waals surface area contributed by atoms with Gasteiger partial charge in [0.05, 0.1) is 5.69 Å². The van der Waals surface area contributed by atoms with Crippen molar-refractivity contribution in [2.45, 2.75) is 12.3 Å². The van der Waals surface area contributed by atoms with Gasteiger partial charge in [0.1, 0.15) is 5.82 Å². The molecular weight excluding hydrogens is 221 g/mol. The third-order valence-corrected chi connectivity index (χ3v) is 2.44. The molecule has 1 aromatic carbocycles. The molecule has 1 N–H and O–H groups in total. The molecule has 0 spiro atoms. The van der Waals surface area contributed by atoms with Crippen molar-refractivity contribution in [3.05, 3.63) is 29.1 Å². The van der Waals surface area contributed by atoms with Gasteiger partial charge in [0.25, 0.3) is 0 Å². The second-order valence-electron chi connectivity index (χ2n) is 2.60. The minimum absolute atomic E-state index is 0.197. The lowest BCUT2D eigenvalue weighted by Gasteiger charge is -2.10. The predicted molar refractivity (Wildman–Crippen MR) is 53.3 cm³/mol. The molecule has 0 aliphatic carbocycles. The Hall–Kier alpha value is -0.570. The fourth-order valence-electron chi connectivity index (χ4n) is 1.17. The predicted octanol–water partition coefficient (Wildman–Crippen LogP) is 3.07. The molecule has 0 aromatic heterocycles. The maximum atomic E-state index is 13.1. The third-order valence-electron chi connectivity index (χ3n) is 1.88. The Morgan fingerprint density at radius 1 is 1.50 bits per heavy atom. The summed E-state index contributed by atoms with van der Waals surface area (Å²) in [5.41, 5.74) is 2.67. The van der Waals surface area contributed by atoms with Crippen molar-refractivity contribution in [1.82, 2.24) is 0 Å². The molecule has 12 heavy (non-hydrogen) atoms. The summed E-state index contributed by atoms with van der Waals surface area (Å²) < 4.78 is 13.1. The molecule has 0 saturated carbocycles. The molecule has 0 amide bonds. The second-order valence-corrected chi connectivity index (χ2v) is 3.16. The van der Waals surface area contributed by atoms with E-state index in [2.05, 4.69) is 21.2 Å². The maximum Gasteiger partial charge on any atom is 0.146 e. The van der Waals surface area contributed by atoms with Crippen molar-refractivity contribution in [2.24, 2.45) is 0 Å². The Balaban J connectivity index is 3.28. The van der Waals surface area contributed by atoms with E-state index in [-0.39, 0.29) is 5.82 Å². The molecule has 66 valence electrons. The van der Waals surface area contributed by atoms with Crippen LogP contribution < -0.4 is 5.32 Å². The number of hydrogen-bond donors (Lipinski definition) is 1. The van der Waals surface area contributed by atoms with E-state index in [9.17, 15) is 4.39 Å². The molecule has 0 heterocycles. The standard InChI is InChI=1S/C9H11BrFN/c1-6-3-4-8(11)9(12-2)7(6)5-10/h3-4,12H,5H2,1-2H3. The van der Waals surface area contributed by atoms with Crippen LogP contribution in [0.25, 0.3) is 0 Å². The highest BCUT2D eigenvalue weighted by molar-refractivity contribution is 9.08. The van der Waals surface area contributed by atoms with Crippen LogP contribution in [0.15, 0.2) is 12.1 Å². The van der Waals surface area contributed by atoms with E-state index in [0.29, 0.717) is 11.0 Å². The van der Waals surface area contributed by atoms with Gasteiger partial charge in [-0.1, -0.05) is 22.0 Å². The van der Waals surface area contributed by atoms with E-state index in [1.807, 2.05) is 6.92 Å². The number of alkyl halides is 1. The minimum atomic E-state index is -0.197. The summed E-state index contributed by atoms with van der Waals surface area (Å²) >= 11 is 3.33. The SMILES string of the molecule is CNc1c(F)ccc(C)c1CBr. The Bertz CT molecular complexity index is 257. The molecular formula is C9H11BrFN. The van der Waals surface area contributed by atoms with Gasteiger partial charge in [-0.2, -0.15) is 0 Å². The highest BCUT2D eigenvalue weighted by Crippen LogP contribution is 2.24. The zero-order chi connectivity index (χ0) is 9.14. The van der Waals surface area contributed by atoms with Crippen LogP contribution in [0.5, 0.6) is 0 Å². The van der Waals surface area contributed by atoms with E-state index >= 15 is 0 Å². The summed E-state index contributed by atoms with van der Waals surface area (Å²) in [4.78, 5) is 0. The third kappa shape index (κ3) is 1.61. The summed E-state index contributed by atoms with van der Waals surface area (Å²) in [7, 11) is 1.73. The average Bonchev–Trinajstić information content (AvgIpc) is 2.08. The number of rotatable bonds is 2. The summed E-state index contributed by atoms with van der Waals surface area (Å²) in [5, 5.41) is 3.52. The van der Waals surface area contributed by atoms with Crippen molar-refractivity contribution in [1.29, 1.82) is 0 Å². The highest BCUT2D eigenvalue weighted by atomic mass is 79.9. The maximum absolute atomic E-state index is 13.1. The molecule has 3 heteroatoms.